The van der Waals surface area contributed by atoms with Crippen molar-refractivity contribution in [2.75, 3.05) is 19.5 Å². The number of furan rings is 1. The number of halogens is 1. The normalized spacial score (nSPS) is 11.0. The summed E-state index contributed by atoms with van der Waals surface area (Å²) in [6.45, 7) is 0. The highest BCUT2D eigenvalue weighted by molar-refractivity contribution is 6.37. The van der Waals surface area contributed by atoms with Crippen molar-refractivity contribution in [2.45, 2.75) is 0 Å². The molecule has 0 saturated carbocycles. The average Bonchev–Trinajstić information content (AvgIpc) is 3.02. The zero-order chi connectivity index (χ0) is 17.4. The molecule has 0 saturated heterocycles. The molecule has 6 heteroatoms. The maximum atomic E-state index is 6.34. The van der Waals surface area contributed by atoms with E-state index < -0.39 is 0 Å². The molecule has 2 aromatic carbocycles. The van der Waals surface area contributed by atoms with Crippen molar-refractivity contribution in [3.05, 3.63) is 53.8 Å². The number of nitrogens with one attached hydrogen (secondary N) is 1. The summed E-state index contributed by atoms with van der Waals surface area (Å²) in [5, 5.41) is 5.60. The van der Waals surface area contributed by atoms with Crippen LogP contribution in [0.25, 0.3) is 22.0 Å². The van der Waals surface area contributed by atoms with E-state index in [9.17, 15) is 0 Å². The predicted octanol–water partition coefficient (Wildman–Crippen LogP) is 5.40. The number of benzene rings is 2. The van der Waals surface area contributed by atoms with Crippen LogP contribution in [-0.4, -0.2) is 19.2 Å². The van der Waals surface area contributed by atoms with Crippen LogP contribution >= 0.6 is 11.6 Å². The fourth-order valence-corrected chi connectivity index (χ4v) is 3.05. The Morgan fingerprint density at radius 3 is 2.72 bits per heavy atom. The third-order valence-electron chi connectivity index (χ3n) is 4.04. The van der Waals surface area contributed by atoms with Gasteiger partial charge >= 0.3 is 0 Å². The van der Waals surface area contributed by atoms with Crippen LogP contribution < -0.4 is 14.8 Å². The van der Waals surface area contributed by atoms with Gasteiger partial charge in [-0.2, -0.15) is 0 Å². The van der Waals surface area contributed by atoms with Crippen molar-refractivity contribution in [3.63, 3.8) is 0 Å². The smallest absolute Gasteiger partial charge is 0.230 e. The second-order valence-electron chi connectivity index (χ2n) is 5.46. The molecule has 0 aliphatic heterocycles. The topological polar surface area (TPSA) is 56.5 Å². The van der Waals surface area contributed by atoms with Crippen LogP contribution in [-0.2, 0) is 0 Å². The molecule has 0 spiro atoms. The third-order valence-corrected chi connectivity index (χ3v) is 4.32. The monoisotopic (exact) mass is 354 g/mol. The summed E-state index contributed by atoms with van der Waals surface area (Å²) in [4.78, 5) is 4.53. The summed E-state index contributed by atoms with van der Waals surface area (Å²) in [6.07, 6.45) is 1.49. The molecule has 2 heterocycles. The van der Waals surface area contributed by atoms with E-state index >= 15 is 0 Å². The Morgan fingerprint density at radius 2 is 1.92 bits per heavy atom. The minimum atomic E-state index is 0.485. The fourth-order valence-electron chi connectivity index (χ4n) is 2.83. The first-order valence-electron chi connectivity index (χ1n) is 7.65. The van der Waals surface area contributed by atoms with Gasteiger partial charge in [0.05, 0.1) is 41.5 Å². The lowest BCUT2D eigenvalue weighted by molar-refractivity contribution is 0.395. The largest absolute Gasteiger partial charge is 0.497 e. The molecule has 5 nitrogen and oxygen atoms in total. The number of ether oxygens (including phenoxy) is 2. The van der Waals surface area contributed by atoms with Gasteiger partial charge in [0.25, 0.3) is 0 Å². The molecular weight excluding hydrogens is 340 g/mol. The number of hydrogen-bond donors (Lipinski definition) is 1. The zero-order valence-electron chi connectivity index (χ0n) is 13.7. The lowest BCUT2D eigenvalue weighted by Gasteiger charge is -2.15. The van der Waals surface area contributed by atoms with E-state index in [1.165, 1.54) is 6.26 Å². The van der Waals surface area contributed by atoms with Gasteiger partial charge in [0.2, 0.25) is 5.71 Å². The van der Waals surface area contributed by atoms with Crippen LogP contribution in [0.2, 0.25) is 5.02 Å². The van der Waals surface area contributed by atoms with Crippen LogP contribution in [0.15, 0.2) is 53.1 Å². The summed E-state index contributed by atoms with van der Waals surface area (Å²) in [5.74, 6) is 1.38. The average molecular weight is 355 g/mol. The SMILES string of the molecule is COc1ccc(Nc2c3ccccc3nc3occ(Cl)c23)c(OC)c1. The number of nitrogens with zero attached hydrogens (tertiary/aromatic N) is 1. The quantitative estimate of drug-likeness (QED) is 0.532. The van der Waals surface area contributed by atoms with Crippen molar-refractivity contribution in [3.8, 4) is 11.5 Å². The number of aromatic nitrogens is 1. The van der Waals surface area contributed by atoms with Crippen molar-refractivity contribution in [1.82, 2.24) is 4.98 Å². The molecule has 25 heavy (non-hydrogen) atoms. The number of para-hydroxylation sites is 1. The Hall–Kier alpha value is -2.92. The van der Waals surface area contributed by atoms with Crippen LogP contribution in [0.4, 0.5) is 11.4 Å². The number of hydrogen-bond acceptors (Lipinski definition) is 5. The minimum absolute atomic E-state index is 0.485. The summed E-state index contributed by atoms with van der Waals surface area (Å²) >= 11 is 6.34. The molecule has 2 aromatic heterocycles. The van der Waals surface area contributed by atoms with Gasteiger partial charge in [0, 0.05) is 11.5 Å². The van der Waals surface area contributed by atoms with Gasteiger partial charge in [-0.1, -0.05) is 29.8 Å². The summed E-state index contributed by atoms with van der Waals surface area (Å²) in [7, 11) is 3.23. The number of fused-ring (bicyclic) bond motifs is 2. The molecule has 0 amide bonds. The van der Waals surface area contributed by atoms with Gasteiger partial charge in [0.15, 0.2) is 0 Å². The lowest BCUT2D eigenvalue weighted by Crippen LogP contribution is -1.97. The van der Waals surface area contributed by atoms with Gasteiger partial charge in [0.1, 0.15) is 17.8 Å². The minimum Gasteiger partial charge on any atom is -0.497 e. The van der Waals surface area contributed by atoms with E-state index in [4.69, 9.17) is 25.5 Å². The van der Waals surface area contributed by atoms with Crippen LogP contribution in [0.3, 0.4) is 0 Å². The number of anilines is 2. The van der Waals surface area contributed by atoms with E-state index in [0.29, 0.717) is 22.2 Å². The first-order valence-corrected chi connectivity index (χ1v) is 8.03. The van der Waals surface area contributed by atoms with E-state index in [1.807, 2.05) is 42.5 Å². The highest BCUT2D eigenvalue weighted by Gasteiger charge is 2.16. The molecule has 0 bridgehead atoms. The highest BCUT2D eigenvalue weighted by atomic mass is 35.5. The van der Waals surface area contributed by atoms with Crippen LogP contribution in [0.1, 0.15) is 0 Å². The highest BCUT2D eigenvalue weighted by Crippen LogP contribution is 2.40. The molecule has 0 unspecified atom stereocenters. The summed E-state index contributed by atoms with van der Waals surface area (Å²) in [5.41, 5.74) is 2.91. The second-order valence-corrected chi connectivity index (χ2v) is 5.87. The Labute approximate surface area is 149 Å². The van der Waals surface area contributed by atoms with Gasteiger partial charge < -0.3 is 19.2 Å². The molecule has 1 N–H and O–H groups in total. The van der Waals surface area contributed by atoms with Crippen LogP contribution in [0, 0.1) is 0 Å². The molecule has 0 radical (unpaired) electrons. The molecule has 0 aliphatic carbocycles. The Morgan fingerprint density at radius 1 is 1.08 bits per heavy atom. The zero-order valence-corrected chi connectivity index (χ0v) is 14.4. The van der Waals surface area contributed by atoms with Crippen molar-refractivity contribution >= 4 is 45.0 Å². The van der Waals surface area contributed by atoms with Crippen molar-refractivity contribution < 1.29 is 13.9 Å². The van der Waals surface area contributed by atoms with Crippen molar-refractivity contribution in [2.24, 2.45) is 0 Å². The van der Waals surface area contributed by atoms with Gasteiger partial charge in [-0.25, -0.2) is 4.98 Å². The first-order chi connectivity index (χ1) is 12.2. The van der Waals surface area contributed by atoms with E-state index in [-0.39, 0.29) is 0 Å². The van der Waals surface area contributed by atoms with Gasteiger partial charge in [-0.05, 0) is 18.2 Å². The molecule has 0 atom stereocenters. The molecule has 126 valence electrons. The lowest BCUT2D eigenvalue weighted by atomic mass is 10.1. The third kappa shape index (κ3) is 2.62. The molecule has 0 aliphatic rings. The van der Waals surface area contributed by atoms with E-state index in [2.05, 4.69) is 10.3 Å². The number of methoxy groups -OCH3 is 2. The summed E-state index contributed by atoms with van der Waals surface area (Å²) in [6, 6.07) is 13.4. The van der Waals surface area contributed by atoms with E-state index in [0.717, 1.165) is 27.7 Å². The van der Waals surface area contributed by atoms with Crippen molar-refractivity contribution in [1.29, 1.82) is 0 Å². The molecule has 0 fully saturated rings. The Balaban J connectivity index is 1.95. The Bertz CT molecular complexity index is 1080. The molecular formula is C19H15ClN2O3. The number of rotatable bonds is 4. The van der Waals surface area contributed by atoms with Gasteiger partial charge in [-0.15, -0.1) is 0 Å². The first kappa shape index (κ1) is 15.6. The fraction of sp³-hybridized carbons (Fsp3) is 0.105. The number of pyridine rings is 1. The molecule has 4 aromatic rings. The van der Waals surface area contributed by atoms with Crippen LogP contribution in [0.5, 0.6) is 11.5 Å². The maximum absolute atomic E-state index is 6.34. The van der Waals surface area contributed by atoms with E-state index in [1.54, 1.807) is 14.2 Å². The second kappa shape index (κ2) is 6.18. The Kier molecular flexibility index (Phi) is 3.86. The standard InChI is InChI=1S/C19H15ClN2O3/c1-23-11-7-8-15(16(9-11)24-2)21-18-12-5-3-4-6-14(12)22-19-17(18)13(20)10-25-19/h3-10H,1-2H3,(H,21,22). The van der Waals surface area contributed by atoms with Gasteiger partial charge in [-0.3, -0.25) is 0 Å². The summed E-state index contributed by atoms with van der Waals surface area (Å²) < 4.78 is 16.2. The molecule has 4 rings (SSSR count). The predicted molar refractivity (Wildman–Crippen MR) is 99.4 cm³/mol. The maximum Gasteiger partial charge on any atom is 0.230 e.